The Hall–Kier alpha value is -3.19. The van der Waals surface area contributed by atoms with Crippen molar-refractivity contribution in [3.05, 3.63) is 76.9 Å². The van der Waals surface area contributed by atoms with Crippen molar-refractivity contribution >= 4 is 28.3 Å². The number of rotatable bonds is 8. The van der Waals surface area contributed by atoms with Crippen molar-refractivity contribution < 1.29 is 24.1 Å². The molecule has 0 unspecified atom stereocenters. The second kappa shape index (κ2) is 9.96. The van der Waals surface area contributed by atoms with E-state index in [1.54, 1.807) is 13.2 Å². The van der Waals surface area contributed by atoms with E-state index >= 15 is 0 Å². The number of fused-ring (bicyclic) bond motifs is 1. The lowest BCUT2D eigenvalue weighted by atomic mass is 9.98. The Morgan fingerprint density at radius 2 is 1.88 bits per heavy atom. The number of hydrogen-bond donors (Lipinski definition) is 2. The van der Waals surface area contributed by atoms with Crippen LogP contribution in [0.15, 0.2) is 54.6 Å². The predicted molar refractivity (Wildman–Crippen MR) is 125 cm³/mol. The average molecular weight is 434 g/mol. The summed E-state index contributed by atoms with van der Waals surface area (Å²) in [4.78, 5) is 12.9. The maximum absolute atomic E-state index is 12.9. The molecular formula is C26H27NO5. The van der Waals surface area contributed by atoms with Crippen LogP contribution in [0.4, 0.5) is 5.69 Å². The van der Waals surface area contributed by atoms with Crippen LogP contribution in [-0.4, -0.2) is 44.4 Å². The molecule has 6 nitrogen and oxygen atoms in total. The molecule has 2 N–H and O–H groups in total. The summed E-state index contributed by atoms with van der Waals surface area (Å²) in [6, 6.07) is 15.4. The van der Waals surface area contributed by atoms with Crippen LogP contribution in [0.1, 0.15) is 33.3 Å². The molecule has 1 fully saturated rings. The van der Waals surface area contributed by atoms with Crippen molar-refractivity contribution in [3.8, 4) is 5.75 Å². The first-order valence-corrected chi connectivity index (χ1v) is 10.6. The van der Waals surface area contributed by atoms with E-state index in [9.17, 15) is 4.79 Å². The van der Waals surface area contributed by atoms with E-state index in [2.05, 4.69) is 5.32 Å². The van der Waals surface area contributed by atoms with Crippen molar-refractivity contribution in [3.63, 3.8) is 0 Å². The molecule has 0 amide bonds. The maximum atomic E-state index is 12.9. The monoisotopic (exact) mass is 433 g/mol. The van der Waals surface area contributed by atoms with Crippen LogP contribution in [0.25, 0.3) is 16.8 Å². The molecule has 0 atom stereocenters. The van der Waals surface area contributed by atoms with Gasteiger partial charge in [0.2, 0.25) is 0 Å². The Morgan fingerprint density at radius 1 is 1.12 bits per heavy atom. The number of methoxy groups -OCH3 is 1. The molecule has 166 valence electrons. The van der Waals surface area contributed by atoms with Gasteiger partial charge in [0, 0.05) is 23.4 Å². The van der Waals surface area contributed by atoms with Crippen molar-refractivity contribution in [1.29, 1.82) is 0 Å². The molecule has 4 rings (SSSR count). The lowest BCUT2D eigenvalue weighted by molar-refractivity contribution is -0.0443. The molecule has 1 aliphatic heterocycles. The summed E-state index contributed by atoms with van der Waals surface area (Å²) in [5, 5.41) is 14.1. The number of aliphatic hydroxyl groups excluding tert-OH is 1. The Balaban J connectivity index is 1.59. The highest BCUT2D eigenvalue weighted by Gasteiger charge is 2.22. The van der Waals surface area contributed by atoms with Crippen LogP contribution in [-0.2, 0) is 9.47 Å². The largest absolute Gasteiger partial charge is 0.497 e. The SMILES string of the molecule is COc1cc(C)c(/C=C/C(=O)c2ccc3cc(NCCO)ccc3c2)c(C2OCCO2)c1. The smallest absolute Gasteiger partial charge is 0.185 e. The Kier molecular flexibility index (Phi) is 6.85. The van der Waals surface area contributed by atoms with E-state index in [1.807, 2.05) is 61.5 Å². The molecule has 0 spiro atoms. The number of allylic oxidation sites excluding steroid dienone is 1. The second-order valence-electron chi connectivity index (χ2n) is 7.65. The fourth-order valence-corrected chi connectivity index (χ4v) is 3.83. The minimum absolute atomic E-state index is 0.0756. The van der Waals surface area contributed by atoms with E-state index < -0.39 is 6.29 Å². The lowest BCUT2D eigenvalue weighted by Crippen LogP contribution is -2.05. The molecule has 1 saturated heterocycles. The number of aliphatic hydroxyl groups is 1. The Labute approximate surface area is 187 Å². The number of carbonyl (C=O) groups is 1. The molecule has 0 bridgehead atoms. The number of hydrogen-bond acceptors (Lipinski definition) is 6. The van der Waals surface area contributed by atoms with Crippen LogP contribution in [0.3, 0.4) is 0 Å². The zero-order valence-electron chi connectivity index (χ0n) is 18.3. The van der Waals surface area contributed by atoms with E-state index in [-0.39, 0.29) is 12.4 Å². The number of aryl methyl sites for hydroxylation is 1. The highest BCUT2D eigenvalue weighted by molar-refractivity contribution is 6.09. The average Bonchev–Trinajstić information content (AvgIpc) is 3.35. The summed E-state index contributed by atoms with van der Waals surface area (Å²) in [5.74, 6) is 0.645. The fourth-order valence-electron chi connectivity index (χ4n) is 3.83. The predicted octanol–water partition coefficient (Wildman–Crippen LogP) is 4.50. The molecule has 1 aliphatic rings. The Morgan fingerprint density at radius 3 is 2.62 bits per heavy atom. The number of carbonyl (C=O) groups excluding carboxylic acids is 1. The van der Waals surface area contributed by atoms with Gasteiger partial charge in [-0.25, -0.2) is 0 Å². The summed E-state index contributed by atoms with van der Waals surface area (Å²) in [6.07, 6.45) is 2.95. The number of ketones is 1. The van der Waals surface area contributed by atoms with Gasteiger partial charge in [0.15, 0.2) is 12.1 Å². The molecule has 6 heteroatoms. The molecule has 3 aromatic carbocycles. The van der Waals surface area contributed by atoms with Gasteiger partial charge >= 0.3 is 0 Å². The van der Waals surface area contributed by atoms with Crippen LogP contribution >= 0.6 is 0 Å². The van der Waals surface area contributed by atoms with Gasteiger partial charge < -0.3 is 24.6 Å². The Bertz CT molecular complexity index is 1150. The molecule has 3 aromatic rings. The summed E-state index contributed by atoms with van der Waals surface area (Å²) < 4.78 is 16.8. The highest BCUT2D eigenvalue weighted by Crippen LogP contribution is 2.33. The lowest BCUT2D eigenvalue weighted by Gasteiger charge is -2.16. The first-order chi connectivity index (χ1) is 15.6. The van der Waals surface area contributed by atoms with Crippen molar-refractivity contribution in [2.75, 3.05) is 38.8 Å². The first kappa shape index (κ1) is 22.0. The minimum Gasteiger partial charge on any atom is -0.497 e. The molecule has 32 heavy (non-hydrogen) atoms. The molecule has 0 saturated carbocycles. The van der Waals surface area contributed by atoms with E-state index in [4.69, 9.17) is 19.3 Å². The van der Waals surface area contributed by atoms with Gasteiger partial charge in [-0.05, 0) is 65.2 Å². The van der Waals surface area contributed by atoms with Gasteiger partial charge in [0.25, 0.3) is 0 Å². The maximum Gasteiger partial charge on any atom is 0.185 e. The zero-order valence-corrected chi connectivity index (χ0v) is 18.3. The summed E-state index contributed by atoms with van der Waals surface area (Å²) in [6.45, 7) is 3.63. The second-order valence-corrected chi connectivity index (χ2v) is 7.65. The van der Waals surface area contributed by atoms with Gasteiger partial charge in [0.05, 0.1) is 26.9 Å². The minimum atomic E-state index is -0.465. The van der Waals surface area contributed by atoms with E-state index in [0.29, 0.717) is 25.3 Å². The van der Waals surface area contributed by atoms with Gasteiger partial charge in [0.1, 0.15) is 5.75 Å². The molecule has 0 radical (unpaired) electrons. The number of anilines is 1. The molecule has 0 aliphatic carbocycles. The van der Waals surface area contributed by atoms with Gasteiger partial charge in [-0.15, -0.1) is 0 Å². The third kappa shape index (κ3) is 4.83. The summed E-state index contributed by atoms with van der Waals surface area (Å²) >= 11 is 0. The van der Waals surface area contributed by atoms with E-state index in [1.165, 1.54) is 0 Å². The van der Waals surface area contributed by atoms with E-state index in [0.717, 1.165) is 38.9 Å². The van der Waals surface area contributed by atoms with Crippen molar-refractivity contribution in [2.45, 2.75) is 13.2 Å². The molecular weight excluding hydrogens is 406 g/mol. The number of nitrogens with one attached hydrogen (secondary N) is 1. The fraction of sp³-hybridized carbons (Fsp3) is 0.269. The third-order valence-electron chi connectivity index (χ3n) is 5.47. The number of benzene rings is 3. The van der Waals surface area contributed by atoms with Crippen LogP contribution in [0, 0.1) is 6.92 Å². The molecule has 1 heterocycles. The van der Waals surface area contributed by atoms with Gasteiger partial charge in [-0.1, -0.05) is 24.3 Å². The number of ether oxygens (including phenoxy) is 3. The normalized spacial score (nSPS) is 14.3. The quantitative estimate of drug-likeness (QED) is 0.402. The topological polar surface area (TPSA) is 77.0 Å². The van der Waals surface area contributed by atoms with Crippen molar-refractivity contribution in [1.82, 2.24) is 0 Å². The zero-order chi connectivity index (χ0) is 22.5. The summed E-state index contributed by atoms with van der Waals surface area (Å²) in [5.41, 5.74) is 4.27. The standard InChI is InChI=1S/C26H27NO5/c1-17-13-22(30-2)16-24(26-31-11-12-32-26)23(17)7-8-25(29)20-4-3-19-15-21(27-9-10-28)6-5-18(19)14-20/h3-8,13-16,26-28H,9-12H2,1-2H3/b8-7+. The first-order valence-electron chi connectivity index (χ1n) is 10.6. The van der Waals surface area contributed by atoms with Gasteiger partial charge in [-0.2, -0.15) is 0 Å². The van der Waals surface area contributed by atoms with Crippen molar-refractivity contribution in [2.24, 2.45) is 0 Å². The highest BCUT2D eigenvalue weighted by atomic mass is 16.7. The van der Waals surface area contributed by atoms with Crippen LogP contribution in [0.5, 0.6) is 5.75 Å². The van der Waals surface area contributed by atoms with Gasteiger partial charge in [-0.3, -0.25) is 4.79 Å². The molecule has 0 aromatic heterocycles. The van der Waals surface area contributed by atoms with Crippen LogP contribution < -0.4 is 10.1 Å². The van der Waals surface area contributed by atoms with Crippen LogP contribution in [0.2, 0.25) is 0 Å². The summed E-state index contributed by atoms with van der Waals surface area (Å²) in [7, 11) is 1.62. The third-order valence-corrected chi connectivity index (χ3v) is 5.47.